The van der Waals surface area contributed by atoms with E-state index < -0.39 is 15.7 Å². The molecule has 4 aliphatic heterocycles. The molecule has 0 saturated carbocycles. The monoisotopic (exact) mass is 1050 g/mol. The highest BCUT2D eigenvalue weighted by molar-refractivity contribution is 9.10. The number of nitrogens with zero attached hydrogens (tertiary/aromatic N) is 7. The van der Waals surface area contributed by atoms with Crippen LogP contribution in [0.3, 0.4) is 0 Å². The lowest BCUT2D eigenvalue weighted by atomic mass is 10.2. The quantitative estimate of drug-likeness (QED) is 0.254. The molecule has 4 fully saturated rings. The number of carbonyl (C=O) groups is 2. The summed E-state index contributed by atoms with van der Waals surface area (Å²) in [6.45, 7) is 24.5. The normalized spacial score (nSPS) is 19.9. The van der Waals surface area contributed by atoms with Gasteiger partial charge in [-0.05, 0) is 84.9 Å². The molecule has 3 aromatic rings. The second-order valence-electron chi connectivity index (χ2n) is 18.1. The van der Waals surface area contributed by atoms with Crippen LogP contribution in [-0.4, -0.2) is 174 Å². The number of amides is 2. The third-order valence-corrected chi connectivity index (χ3v) is 12.6. The zero-order valence-electron chi connectivity index (χ0n) is 38.7. The second-order valence-corrected chi connectivity index (χ2v) is 21.5. The summed E-state index contributed by atoms with van der Waals surface area (Å²) in [6.07, 6.45) is 2.93. The molecule has 2 atom stereocenters. The molecule has 2 amide bonds. The Kier molecular flexibility index (Phi) is 19.7. The van der Waals surface area contributed by atoms with Crippen LogP contribution in [0.15, 0.2) is 74.8 Å². The average Bonchev–Trinajstić information content (AvgIpc) is 3.26. The molecule has 7 rings (SSSR count). The molecule has 360 valence electrons. The maximum absolute atomic E-state index is 12.3. The van der Waals surface area contributed by atoms with E-state index in [4.69, 9.17) is 23.1 Å². The van der Waals surface area contributed by atoms with Crippen LogP contribution >= 0.6 is 31.9 Å². The second kappa shape index (κ2) is 24.4. The van der Waals surface area contributed by atoms with Gasteiger partial charge >= 0.3 is 12.2 Å². The van der Waals surface area contributed by atoms with Crippen molar-refractivity contribution in [3.8, 4) is 0 Å². The molecule has 0 unspecified atom stereocenters. The van der Waals surface area contributed by atoms with Crippen LogP contribution in [0, 0.1) is 6.92 Å². The Labute approximate surface area is 401 Å². The summed E-state index contributed by atoms with van der Waals surface area (Å²) in [5, 5.41) is 3.18. The van der Waals surface area contributed by atoms with Gasteiger partial charge in [0.25, 0.3) is 10.1 Å². The number of morpholine rings is 2. The van der Waals surface area contributed by atoms with Crippen LogP contribution in [0.5, 0.6) is 0 Å². The molecular weight excluding hydrogens is 988 g/mol. The number of halogens is 2. The van der Waals surface area contributed by atoms with Crippen molar-refractivity contribution in [3.63, 3.8) is 0 Å². The Hall–Kier alpha value is -3.63. The van der Waals surface area contributed by atoms with E-state index in [0.29, 0.717) is 39.4 Å². The average molecular weight is 1050 g/mol. The molecular formula is C45H66Br2N8O9S. The first-order valence-electron chi connectivity index (χ1n) is 22.0. The summed E-state index contributed by atoms with van der Waals surface area (Å²) in [7, 11) is -3.79. The molecule has 0 bridgehead atoms. The molecule has 2 aromatic heterocycles. The summed E-state index contributed by atoms with van der Waals surface area (Å²) >= 11 is 6.94. The molecule has 0 aliphatic carbocycles. The number of anilines is 2. The molecule has 65 heavy (non-hydrogen) atoms. The number of carbonyl (C=O) groups excluding carboxylic acids is 2. The van der Waals surface area contributed by atoms with Crippen LogP contribution in [0.4, 0.5) is 21.2 Å². The van der Waals surface area contributed by atoms with Crippen LogP contribution in [0.25, 0.3) is 0 Å². The number of ether oxygens (including phenoxy) is 4. The summed E-state index contributed by atoms with van der Waals surface area (Å²) in [5.74, 6) is 1.80. The van der Waals surface area contributed by atoms with Gasteiger partial charge in [0.05, 0.1) is 36.9 Å². The molecule has 4 aliphatic rings. The van der Waals surface area contributed by atoms with Crippen molar-refractivity contribution in [1.29, 1.82) is 0 Å². The lowest BCUT2D eigenvalue weighted by Gasteiger charge is -2.39. The van der Waals surface area contributed by atoms with Gasteiger partial charge in [0.1, 0.15) is 22.8 Å². The van der Waals surface area contributed by atoms with Gasteiger partial charge in [0.15, 0.2) is 0 Å². The van der Waals surface area contributed by atoms with Crippen molar-refractivity contribution < 1.29 is 41.1 Å². The molecule has 0 spiro atoms. The van der Waals surface area contributed by atoms with E-state index in [0.717, 1.165) is 85.0 Å². The number of pyridine rings is 2. The van der Waals surface area contributed by atoms with Gasteiger partial charge in [-0.3, -0.25) is 9.08 Å². The summed E-state index contributed by atoms with van der Waals surface area (Å²) < 4.78 is 54.0. The van der Waals surface area contributed by atoms with E-state index >= 15 is 0 Å². The molecule has 0 radical (unpaired) electrons. The molecule has 1 N–H and O–H groups in total. The third-order valence-electron chi connectivity index (χ3n) is 10.3. The van der Waals surface area contributed by atoms with Gasteiger partial charge in [-0.1, -0.05) is 49.6 Å². The minimum Gasteiger partial charge on any atom is -0.444 e. The number of nitrogens with one attached hydrogen (secondary N) is 1. The number of aromatic nitrogens is 2. The minimum absolute atomic E-state index is 0.0271. The van der Waals surface area contributed by atoms with Crippen LogP contribution < -0.4 is 15.1 Å². The number of hydrogen-bond donors (Lipinski definition) is 1. The lowest BCUT2D eigenvalue weighted by molar-refractivity contribution is -0.00616. The Bertz CT molecular complexity index is 2080. The van der Waals surface area contributed by atoms with Crippen molar-refractivity contribution >= 4 is 65.8 Å². The first-order chi connectivity index (χ1) is 30.7. The van der Waals surface area contributed by atoms with Crippen molar-refractivity contribution in [1.82, 2.24) is 30.0 Å². The Morgan fingerprint density at radius 1 is 0.708 bits per heavy atom. The van der Waals surface area contributed by atoms with Crippen LogP contribution in [0.1, 0.15) is 47.1 Å². The van der Waals surface area contributed by atoms with Gasteiger partial charge in [0, 0.05) is 106 Å². The first kappa shape index (κ1) is 52.3. The number of benzene rings is 1. The first-order valence-corrected chi connectivity index (χ1v) is 25.0. The lowest BCUT2D eigenvalue weighted by Crippen LogP contribution is -2.54. The number of hydrogen-bond acceptors (Lipinski definition) is 15. The highest BCUT2D eigenvalue weighted by Crippen LogP contribution is 2.23. The fraction of sp³-hybridized carbons (Fsp3) is 0.600. The molecule has 17 nitrogen and oxygen atoms in total. The number of piperazine rings is 2. The van der Waals surface area contributed by atoms with Crippen LogP contribution in [-0.2, 0) is 33.2 Å². The fourth-order valence-corrected chi connectivity index (χ4v) is 8.62. The van der Waals surface area contributed by atoms with Crippen molar-refractivity contribution in [2.45, 2.75) is 76.8 Å². The highest BCUT2D eigenvalue weighted by Gasteiger charge is 2.30. The number of rotatable bonds is 8. The molecule has 20 heteroatoms. The summed E-state index contributed by atoms with van der Waals surface area (Å²) in [4.78, 5) is 42.9. The topological polar surface area (TPSA) is 168 Å². The largest absolute Gasteiger partial charge is 0.444 e. The molecule has 1 aromatic carbocycles. The highest BCUT2D eigenvalue weighted by atomic mass is 79.9. The van der Waals surface area contributed by atoms with Gasteiger partial charge in [-0.2, -0.15) is 8.42 Å². The van der Waals surface area contributed by atoms with E-state index in [9.17, 15) is 18.0 Å². The Morgan fingerprint density at radius 2 is 1.18 bits per heavy atom. The van der Waals surface area contributed by atoms with Crippen molar-refractivity contribution in [2.75, 3.05) is 115 Å². The zero-order chi connectivity index (χ0) is 47.2. The Morgan fingerprint density at radius 3 is 1.68 bits per heavy atom. The van der Waals surface area contributed by atoms with E-state index in [-0.39, 0.29) is 41.5 Å². The minimum atomic E-state index is -3.79. The zero-order valence-corrected chi connectivity index (χ0v) is 42.7. The van der Waals surface area contributed by atoms with Crippen LogP contribution in [0.2, 0.25) is 0 Å². The van der Waals surface area contributed by atoms with E-state index in [1.165, 1.54) is 0 Å². The maximum Gasteiger partial charge on any atom is 0.410 e. The van der Waals surface area contributed by atoms with E-state index in [2.05, 4.69) is 61.8 Å². The van der Waals surface area contributed by atoms with E-state index in [1.54, 1.807) is 40.3 Å². The van der Waals surface area contributed by atoms with E-state index in [1.807, 2.05) is 78.9 Å². The molecule has 6 heterocycles. The number of aryl methyl sites for hydroxylation is 1. The smallest absolute Gasteiger partial charge is 0.410 e. The van der Waals surface area contributed by atoms with Gasteiger partial charge in [-0.25, -0.2) is 19.6 Å². The predicted molar refractivity (Wildman–Crippen MR) is 257 cm³/mol. The third kappa shape index (κ3) is 18.2. The SMILES string of the molecule is CC(C)(C)OC(=O)N1CCN(C[C@H]2CN(c3cc(Br)ccn3)CCO2)CC1.CC(C)(C)OC(=O)N1CCNCC1.Cc1ccc(S(=O)(=O)OC[C@H]2CN(c3cc(Br)ccn3)CCO2)cc1. The summed E-state index contributed by atoms with van der Waals surface area (Å²) in [6, 6.07) is 14.3. The van der Waals surface area contributed by atoms with Gasteiger partial charge in [-0.15, -0.1) is 0 Å². The summed E-state index contributed by atoms with van der Waals surface area (Å²) in [5.41, 5.74) is 0.155. The Balaban J connectivity index is 0.000000194. The van der Waals surface area contributed by atoms with Gasteiger partial charge in [0.2, 0.25) is 0 Å². The van der Waals surface area contributed by atoms with Gasteiger partial charge < -0.3 is 43.9 Å². The van der Waals surface area contributed by atoms with Crippen molar-refractivity contribution in [3.05, 3.63) is 75.4 Å². The standard InChI is InChI=1S/C19H29BrN4O3.C17H19BrN2O4S.C9H18N2O2/c1-19(2,3)27-18(25)23-8-6-22(7-9-23)13-16-14-24(10-11-26-16)17-12-15(20)4-5-21-17;1-13-2-4-16(5-3-13)25(21,22)24-12-15-11-20(8-9-23-15)17-10-14(18)6-7-19-17;1-9(2,3)13-8(12)11-6-4-10-5-7-11/h4-5,12,16H,6-11,13-14H2,1-3H3;2-7,10,15H,8-9,11-12H2,1H3;10H,4-7H2,1-3H3/t16-;15-;/m01./s1. The fourth-order valence-electron chi connectivity index (χ4n) is 7.04. The van der Waals surface area contributed by atoms with Crippen molar-refractivity contribution in [2.24, 2.45) is 0 Å². The predicted octanol–water partition coefficient (Wildman–Crippen LogP) is 6.19. The molecule has 4 saturated heterocycles. The maximum atomic E-state index is 12.3.